The number of hydrogen-bond acceptors (Lipinski definition) is 6. The molecule has 0 fully saturated rings. The molecule has 3 rings (SSSR count). The lowest BCUT2D eigenvalue weighted by molar-refractivity contribution is 0.0185. The van der Waals surface area contributed by atoms with E-state index < -0.39 is 18.3 Å². The summed E-state index contributed by atoms with van der Waals surface area (Å²) in [5, 5.41) is 23.7. The molecule has 0 aliphatic heterocycles. The lowest BCUT2D eigenvalue weighted by Crippen LogP contribution is -2.35. The molecule has 3 N–H and O–H groups in total. The predicted molar refractivity (Wildman–Crippen MR) is 100 cm³/mol. The van der Waals surface area contributed by atoms with E-state index in [1.807, 2.05) is 30.3 Å². The van der Waals surface area contributed by atoms with Gasteiger partial charge < -0.3 is 20.3 Å². The lowest BCUT2D eigenvalue weighted by Gasteiger charge is -2.19. The minimum Gasteiger partial charge on any atom is -0.445 e. The third-order valence-electron chi connectivity index (χ3n) is 3.99. The van der Waals surface area contributed by atoms with Crippen LogP contribution in [0.2, 0.25) is 5.15 Å². The van der Waals surface area contributed by atoms with Crippen LogP contribution < -0.4 is 5.32 Å². The minimum atomic E-state index is -1.23. The van der Waals surface area contributed by atoms with Gasteiger partial charge in [-0.1, -0.05) is 48.0 Å². The van der Waals surface area contributed by atoms with Crippen LogP contribution in [0.3, 0.4) is 0 Å². The summed E-state index contributed by atoms with van der Waals surface area (Å²) in [6, 6.07) is 14.1. The van der Waals surface area contributed by atoms with Crippen molar-refractivity contribution in [3.05, 3.63) is 71.1 Å². The number of nitrogens with zero attached hydrogens (tertiary/aromatic N) is 2. The van der Waals surface area contributed by atoms with Gasteiger partial charge in [-0.3, -0.25) is 0 Å². The van der Waals surface area contributed by atoms with Crippen LogP contribution in [0.25, 0.3) is 10.9 Å². The number of halogens is 1. The van der Waals surface area contributed by atoms with E-state index in [1.165, 1.54) is 6.33 Å². The predicted octanol–water partition coefficient (Wildman–Crippen LogP) is 2.60. The second-order valence-electron chi connectivity index (χ2n) is 5.90. The normalized spacial score (nSPS) is 13.1. The second-order valence-corrected chi connectivity index (χ2v) is 6.25. The second kappa shape index (κ2) is 8.77. The van der Waals surface area contributed by atoms with Crippen molar-refractivity contribution in [1.29, 1.82) is 0 Å². The number of fused-ring (bicyclic) bond motifs is 1. The first-order valence-electron chi connectivity index (χ1n) is 8.25. The summed E-state index contributed by atoms with van der Waals surface area (Å²) in [6.45, 7) is -0.0552. The van der Waals surface area contributed by atoms with Crippen molar-refractivity contribution in [2.45, 2.75) is 18.8 Å². The number of benzene rings is 2. The third kappa shape index (κ3) is 4.91. The molecule has 0 spiro atoms. The fourth-order valence-corrected chi connectivity index (χ4v) is 2.72. The highest BCUT2D eigenvalue weighted by atomic mass is 35.5. The molecular weight excluding hydrogens is 370 g/mol. The van der Waals surface area contributed by atoms with Crippen molar-refractivity contribution in [3.8, 4) is 0 Å². The van der Waals surface area contributed by atoms with E-state index in [4.69, 9.17) is 16.3 Å². The van der Waals surface area contributed by atoms with Crippen molar-refractivity contribution in [2.24, 2.45) is 0 Å². The van der Waals surface area contributed by atoms with Crippen molar-refractivity contribution in [1.82, 2.24) is 15.3 Å². The van der Waals surface area contributed by atoms with E-state index in [9.17, 15) is 15.0 Å². The van der Waals surface area contributed by atoms with Crippen molar-refractivity contribution >= 4 is 28.6 Å². The molecule has 0 radical (unpaired) electrons. The van der Waals surface area contributed by atoms with Crippen LogP contribution in [0.4, 0.5) is 4.79 Å². The zero-order valence-corrected chi connectivity index (χ0v) is 15.0. The number of carbonyl (C=O) groups is 1. The molecule has 1 aromatic heterocycles. The van der Waals surface area contributed by atoms with Crippen molar-refractivity contribution in [2.75, 3.05) is 6.54 Å². The maximum atomic E-state index is 11.7. The number of nitrogens with one attached hydrogen (secondary N) is 1. The molecule has 140 valence electrons. The maximum Gasteiger partial charge on any atom is 0.407 e. The number of rotatable bonds is 6. The first-order valence-corrected chi connectivity index (χ1v) is 8.63. The van der Waals surface area contributed by atoms with E-state index >= 15 is 0 Å². The molecule has 27 heavy (non-hydrogen) atoms. The molecule has 1 amide bonds. The molecule has 0 saturated heterocycles. The van der Waals surface area contributed by atoms with Crippen LogP contribution in [-0.2, 0) is 11.3 Å². The number of aliphatic hydroxyl groups is 2. The molecule has 2 aromatic carbocycles. The van der Waals surface area contributed by atoms with Gasteiger partial charge in [0, 0.05) is 11.9 Å². The molecule has 0 saturated carbocycles. The highest BCUT2D eigenvalue weighted by Crippen LogP contribution is 2.25. The number of amides is 1. The fraction of sp³-hybridized carbons (Fsp3) is 0.211. The summed E-state index contributed by atoms with van der Waals surface area (Å²) in [5.41, 5.74) is 1.91. The first-order chi connectivity index (χ1) is 13.0. The van der Waals surface area contributed by atoms with Crippen molar-refractivity contribution < 1.29 is 19.7 Å². The van der Waals surface area contributed by atoms with Gasteiger partial charge in [-0.05, 0) is 23.3 Å². The SMILES string of the molecule is O=C(NCC(O)C(O)c1ccc2ncnc(Cl)c2c1)OCc1ccccc1. The van der Waals surface area contributed by atoms with Gasteiger partial charge in [0.25, 0.3) is 0 Å². The van der Waals surface area contributed by atoms with E-state index in [-0.39, 0.29) is 18.3 Å². The highest BCUT2D eigenvalue weighted by Gasteiger charge is 2.20. The molecule has 1 heterocycles. The average Bonchev–Trinajstić information content (AvgIpc) is 2.70. The lowest BCUT2D eigenvalue weighted by atomic mass is 10.0. The van der Waals surface area contributed by atoms with Crippen molar-refractivity contribution in [3.63, 3.8) is 0 Å². The topological polar surface area (TPSA) is 105 Å². The quantitative estimate of drug-likeness (QED) is 0.561. The monoisotopic (exact) mass is 387 g/mol. The molecule has 0 bridgehead atoms. The van der Waals surface area contributed by atoms with Gasteiger partial charge >= 0.3 is 6.09 Å². The Morgan fingerprint density at radius 3 is 2.70 bits per heavy atom. The van der Waals surface area contributed by atoms with Crippen LogP contribution >= 0.6 is 11.6 Å². The molecule has 3 aromatic rings. The molecule has 0 aliphatic carbocycles. The number of ether oxygens (including phenoxy) is 1. The summed E-state index contributed by atoms with van der Waals surface area (Å²) < 4.78 is 5.06. The number of aromatic nitrogens is 2. The van der Waals surface area contributed by atoms with Gasteiger partial charge in [0.1, 0.15) is 30.3 Å². The third-order valence-corrected chi connectivity index (χ3v) is 4.29. The Bertz CT molecular complexity index is 923. The van der Waals surface area contributed by atoms with Gasteiger partial charge in [-0.15, -0.1) is 0 Å². The Kier molecular flexibility index (Phi) is 6.18. The number of aliphatic hydroxyl groups excluding tert-OH is 2. The minimum absolute atomic E-state index is 0.120. The Labute approximate surface area is 160 Å². The summed E-state index contributed by atoms with van der Waals surface area (Å²) in [6.07, 6.45) is -1.78. The van der Waals surface area contributed by atoms with E-state index in [2.05, 4.69) is 15.3 Å². The summed E-state index contributed by atoms with van der Waals surface area (Å²) in [4.78, 5) is 19.7. The standard InChI is InChI=1S/C19H18ClN3O4/c20-18-14-8-13(6-7-15(14)22-11-23-18)17(25)16(24)9-21-19(26)27-10-12-4-2-1-3-5-12/h1-8,11,16-17,24-25H,9-10H2,(H,21,26). The Balaban J connectivity index is 1.55. The van der Waals surface area contributed by atoms with Crippen LogP contribution in [-0.4, -0.2) is 38.9 Å². The van der Waals surface area contributed by atoms with Gasteiger partial charge in [0.15, 0.2) is 0 Å². The molecule has 7 nitrogen and oxygen atoms in total. The largest absolute Gasteiger partial charge is 0.445 e. The molecular formula is C19H18ClN3O4. The number of alkyl carbamates (subject to hydrolysis) is 1. The Hall–Kier alpha value is -2.74. The zero-order chi connectivity index (χ0) is 19.2. The Morgan fingerprint density at radius 1 is 1.15 bits per heavy atom. The Morgan fingerprint density at radius 2 is 1.93 bits per heavy atom. The fourth-order valence-electron chi connectivity index (χ4n) is 2.52. The first kappa shape index (κ1) is 19.0. The van der Waals surface area contributed by atoms with Gasteiger partial charge in [0.05, 0.1) is 5.52 Å². The van der Waals surface area contributed by atoms with E-state index in [0.717, 1.165) is 5.56 Å². The smallest absolute Gasteiger partial charge is 0.407 e. The average molecular weight is 388 g/mol. The van der Waals surface area contributed by atoms with Crippen LogP contribution in [0.5, 0.6) is 0 Å². The molecule has 2 unspecified atom stereocenters. The van der Waals surface area contributed by atoms with Gasteiger partial charge in [-0.2, -0.15) is 0 Å². The summed E-state index contributed by atoms with van der Waals surface area (Å²) in [7, 11) is 0. The number of hydrogen-bond donors (Lipinski definition) is 3. The molecule has 0 aliphatic rings. The summed E-state index contributed by atoms with van der Waals surface area (Å²) >= 11 is 6.03. The summed E-state index contributed by atoms with van der Waals surface area (Å²) in [5.74, 6) is 0. The van der Waals surface area contributed by atoms with E-state index in [1.54, 1.807) is 18.2 Å². The highest BCUT2D eigenvalue weighted by molar-refractivity contribution is 6.34. The maximum absolute atomic E-state index is 11.7. The van der Waals surface area contributed by atoms with Gasteiger partial charge in [-0.25, -0.2) is 14.8 Å². The van der Waals surface area contributed by atoms with Crippen LogP contribution in [0.1, 0.15) is 17.2 Å². The van der Waals surface area contributed by atoms with Gasteiger partial charge in [0.2, 0.25) is 0 Å². The molecule has 2 atom stereocenters. The van der Waals surface area contributed by atoms with E-state index in [0.29, 0.717) is 16.5 Å². The molecule has 8 heteroatoms. The zero-order valence-electron chi connectivity index (χ0n) is 14.2. The van der Waals surface area contributed by atoms with Crippen LogP contribution in [0.15, 0.2) is 54.9 Å². The van der Waals surface area contributed by atoms with Crippen LogP contribution in [0, 0.1) is 0 Å². The number of carbonyl (C=O) groups excluding carboxylic acids is 1.